The van der Waals surface area contributed by atoms with Gasteiger partial charge in [-0.05, 0) is 0 Å². The van der Waals surface area contributed by atoms with Crippen molar-refractivity contribution in [2.24, 2.45) is 0 Å². The SMILES string of the molecule is C#C[C]=C. The molecule has 0 rings (SSSR count). The van der Waals surface area contributed by atoms with Gasteiger partial charge in [0, 0.05) is 6.08 Å². The molecule has 0 saturated heterocycles. The largest absolute Gasteiger partial charge is 0.115 e. The van der Waals surface area contributed by atoms with E-state index >= 15 is 0 Å². The quantitative estimate of drug-likeness (QED) is 0.353. The second-order valence-electron chi connectivity index (χ2n) is 0.321. The molecule has 19 valence electrons. The lowest BCUT2D eigenvalue weighted by Crippen LogP contribution is -1.27. The Labute approximate surface area is 26.1 Å². The summed E-state index contributed by atoms with van der Waals surface area (Å²) in [5.74, 6) is 2.07. The zero-order valence-corrected chi connectivity index (χ0v) is 2.28. The Hall–Kier alpha value is -0.700. The van der Waals surface area contributed by atoms with Gasteiger partial charge < -0.3 is 0 Å². The summed E-state index contributed by atoms with van der Waals surface area (Å²) in [5, 5.41) is 0. The summed E-state index contributed by atoms with van der Waals surface area (Å²) in [4.78, 5) is 0. The molecule has 0 aliphatic heterocycles. The predicted octanol–water partition coefficient (Wildman–Crippen LogP) is 0.609. The highest BCUT2D eigenvalue weighted by molar-refractivity contribution is 4.94. The number of hydrogen-bond acceptors (Lipinski definition) is 0. The summed E-state index contributed by atoms with van der Waals surface area (Å²) in [6, 6.07) is 0. The minimum Gasteiger partial charge on any atom is -0.115 e. The first-order valence-corrected chi connectivity index (χ1v) is 0.892. The van der Waals surface area contributed by atoms with E-state index < -0.39 is 0 Å². The molecule has 0 fully saturated rings. The van der Waals surface area contributed by atoms with E-state index in [0.717, 1.165) is 0 Å². The Bertz CT molecular complexity index is 45.5. The molecule has 0 nitrogen and oxygen atoms in total. The van der Waals surface area contributed by atoms with Crippen molar-refractivity contribution in [3.63, 3.8) is 0 Å². The van der Waals surface area contributed by atoms with Crippen LogP contribution in [0, 0.1) is 18.4 Å². The highest BCUT2D eigenvalue weighted by Gasteiger charge is 1.29. The van der Waals surface area contributed by atoms with Crippen molar-refractivity contribution in [3.05, 3.63) is 12.7 Å². The summed E-state index contributed by atoms with van der Waals surface area (Å²) in [6.07, 6.45) is 6.81. The van der Waals surface area contributed by atoms with Crippen LogP contribution in [0.15, 0.2) is 6.58 Å². The molecule has 0 heteroatoms. The molecule has 0 aliphatic rings. The second kappa shape index (κ2) is 2.30. The molecule has 0 heterocycles. The third kappa shape index (κ3) is 1.30. The molecule has 0 atom stereocenters. The highest BCUT2D eigenvalue weighted by Crippen LogP contribution is 1.38. The first kappa shape index (κ1) is 3.30. The maximum atomic E-state index is 4.60. The normalized spacial score (nSPS) is 3.75. The molecule has 0 aromatic heterocycles. The van der Waals surface area contributed by atoms with E-state index in [-0.39, 0.29) is 0 Å². The minimum atomic E-state index is 2.07. The molecule has 0 saturated carbocycles. The smallest absolute Gasteiger partial charge is 0.0321 e. The molecular formula is C4H3. The third-order valence-corrected chi connectivity index (χ3v) is 0.102. The summed E-state index contributed by atoms with van der Waals surface area (Å²) >= 11 is 0. The van der Waals surface area contributed by atoms with Gasteiger partial charge in [0.05, 0.1) is 0 Å². The van der Waals surface area contributed by atoms with Crippen LogP contribution >= 0.6 is 0 Å². The lowest BCUT2D eigenvalue weighted by Gasteiger charge is -1.35. The van der Waals surface area contributed by atoms with Gasteiger partial charge in [-0.1, -0.05) is 12.5 Å². The Morgan fingerprint density at radius 2 is 2.00 bits per heavy atom. The van der Waals surface area contributed by atoms with E-state index in [4.69, 9.17) is 0 Å². The van der Waals surface area contributed by atoms with Crippen LogP contribution in [0.2, 0.25) is 0 Å². The van der Waals surface area contributed by atoms with Gasteiger partial charge in [0.25, 0.3) is 0 Å². The number of rotatable bonds is 0. The van der Waals surface area contributed by atoms with Crippen LogP contribution in [0.4, 0.5) is 0 Å². The minimum absolute atomic E-state index is 2.07. The van der Waals surface area contributed by atoms with Crippen LogP contribution in [0.1, 0.15) is 0 Å². The van der Waals surface area contributed by atoms with E-state index in [2.05, 4.69) is 25.0 Å². The topological polar surface area (TPSA) is 0 Å². The first-order chi connectivity index (χ1) is 1.91. The molecule has 0 unspecified atom stereocenters. The van der Waals surface area contributed by atoms with Crippen molar-refractivity contribution in [2.45, 2.75) is 0 Å². The Morgan fingerprint density at radius 1 is 1.75 bits per heavy atom. The Kier molecular flexibility index (Phi) is 1.90. The summed E-state index contributed by atoms with van der Waals surface area (Å²) < 4.78 is 0. The monoisotopic (exact) mass is 51.0 g/mol. The zero-order chi connectivity index (χ0) is 3.41. The van der Waals surface area contributed by atoms with Crippen molar-refractivity contribution >= 4 is 0 Å². The molecule has 1 radical (unpaired) electrons. The van der Waals surface area contributed by atoms with Crippen LogP contribution in [-0.2, 0) is 0 Å². The fourth-order valence-corrected chi connectivity index (χ4v) is 0. The van der Waals surface area contributed by atoms with E-state index in [1.165, 1.54) is 0 Å². The van der Waals surface area contributed by atoms with Crippen molar-refractivity contribution in [1.29, 1.82) is 0 Å². The maximum absolute atomic E-state index is 4.60. The van der Waals surface area contributed by atoms with Gasteiger partial charge in [-0.15, -0.1) is 6.42 Å². The van der Waals surface area contributed by atoms with Crippen LogP contribution in [0.3, 0.4) is 0 Å². The fraction of sp³-hybridized carbons (Fsp3) is 0. The number of terminal acetylenes is 1. The van der Waals surface area contributed by atoms with Gasteiger partial charge in [0.2, 0.25) is 0 Å². The highest BCUT2D eigenvalue weighted by atomic mass is 13.3. The van der Waals surface area contributed by atoms with E-state index in [1.807, 2.05) is 0 Å². The van der Waals surface area contributed by atoms with Crippen molar-refractivity contribution < 1.29 is 0 Å². The summed E-state index contributed by atoms with van der Waals surface area (Å²) in [7, 11) is 0. The van der Waals surface area contributed by atoms with Crippen LogP contribution in [-0.4, -0.2) is 0 Å². The Balaban J connectivity index is 2.92. The van der Waals surface area contributed by atoms with Gasteiger partial charge in [-0.2, -0.15) is 0 Å². The fourth-order valence-electron chi connectivity index (χ4n) is 0. The van der Waals surface area contributed by atoms with E-state index in [0.29, 0.717) is 0 Å². The van der Waals surface area contributed by atoms with E-state index in [9.17, 15) is 0 Å². The molecule has 0 amide bonds. The number of hydrogen-bond donors (Lipinski definition) is 0. The van der Waals surface area contributed by atoms with Crippen LogP contribution < -0.4 is 0 Å². The molecule has 0 aliphatic carbocycles. The second-order valence-corrected chi connectivity index (χ2v) is 0.321. The van der Waals surface area contributed by atoms with Crippen molar-refractivity contribution in [1.82, 2.24) is 0 Å². The maximum Gasteiger partial charge on any atom is 0.0321 e. The van der Waals surface area contributed by atoms with Crippen LogP contribution in [0.25, 0.3) is 0 Å². The number of allylic oxidation sites excluding steroid dienone is 1. The molecular weight excluding hydrogens is 48.0 g/mol. The van der Waals surface area contributed by atoms with Gasteiger partial charge in [-0.3, -0.25) is 0 Å². The molecule has 0 bridgehead atoms. The molecule has 0 aromatic rings. The van der Waals surface area contributed by atoms with Gasteiger partial charge >= 0.3 is 0 Å². The first-order valence-electron chi connectivity index (χ1n) is 0.892. The lowest BCUT2D eigenvalue weighted by molar-refractivity contribution is 2.20. The third-order valence-electron chi connectivity index (χ3n) is 0.102. The van der Waals surface area contributed by atoms with Gasteiger partial charge in [0.1, 0.15) is 0 Å². The van der Waals surface area contributed by atoms with Gasteiger partial charge in [-0.25, -0.2) is 0 Å². The average Bonchev–Trinajstić information content (AvgIpc) is 1.37. The molecule has 0 spiro atoms. The Morgan fingerprint density at radius 3 is 2.00 bits per heavy atom. The summed E-state index contributed by atoms with van der Waals surface area (Å²) in [6.45, 7) is 3.12. The average molecular weight is 51.1 g/mol. The van der Waals surface area contributed by atoms with E-state index in [1.54, 1.807) is 0 Å². The lowest BCUT2D eigenvalue weighted by atomic mass is 10.7. The zero-order valence-electron chi connectivity index (χ0n) is 2.28. The predicted molar refractivity (Wildman–Crippen MR) is 17.7 cm³/mol. The standard InChI is InChI=1S/C4H3/c1-3-4-2/h1H,2H2. The molecule has 0 N–H and O–H groups in total. The molecule has 0 aromatic carbocycles. The molecule has 4 heavy (non-hydrogen) atoms. The van der Waals surface area contributed by atoms with Crippen molar-refractivity contribution in [3.8, 4) is 12.3 Å². The van der Waals surface area contributed by atoms with Crippen LogP contribution in [0.5, 0.6) is 0 Å². The van der Waals surface area contributed by atoms with Crippen molar-refractivity contribution in [2.75, 3.05) is 0 Å². The van der Waals surface area contributed by atoms with Gasteiger partial charge in [0.15, 0.2) is 0 Å². The summed E-state index contributed by atoms with van der Waals surface area (Å²) in [5.41, 5.74) is 0.